The average molecular weight is 358 g/mol. The lowest BCUT2D eigenvalue weighted by molar-refractivity contribution is -0.123. The van der Waals surface area contributed by atoms with Gasteiger partial charge in [-0.05, 0) is 31.0 Å². The van der Waals surface area contributed by atoms with E-state index in [0.29, 0.717) is 11.3 Å². The van der Waals surface area contributed by atoms with Crippen molar-refractivity contribution in [2.24, 2.45) is 0 Å². The lowest BCUT2D eigenvalue weighted by atomic mass is 10.2. The molecule has 1 aromatic carbocycles. The van der Waals surface area contributed by atoms with E-state index in [9.17, 15) is 14.4 Å². The van der Waals surface area contributed by atoms with Gasteiger partial charge >= 0.3 is 5.63 Å². The van der Waals surface area contributed by atoms with Gasteiger partial charge in [-0.1, -0.05) is 12.8 Å². The largest absolute Gasteiger partial charge is 0.484 e. The highest BCUT2D eigenvalue weighted by Crippen LogP contribution is 2.19. The van der Waals surface area contributed by atoms with Crippen molar-refractivity contribution < 1.29 is 18.7 Å². The van der Waals surface area contributed by atoms with Crippen molar-refractivity contribution in [3.05, 3.63) is 40.8 Å². The van der Waals surface area contributed by atoms with E-state index >= 15 is 0 Å². The van der Waals surface area contributed by atoms with Crippen LogP contribution >= 0.6 is 0 Å². The predicted octanol–water partition coefficient (Wildman–Crippen LogP) is 1.74. The Morgan fingerprint density at radius 1 is 1.12 bits per heavy atom. The molecule has 0 bridgehead atoms. The fraction of sp³-hybridized carbons (Fsp3) is 0.421. The summed E-state index contributed by atoms with van der Waals surface area (Å²) in [5.74, 6) is 0.0805. The maximum atomic E-state index is 11.8. The molecular weight excluding hydrogens is 336 g/mol. The molecule has 1 aromatic heterocycles. The molecule has 0 unspecified atom stereocenters. The third kappa shape index (κ3) is 5.08. The monoisotopic (exact) mass is 358 g/mol. The number of carbonyl (C=O) groups is 2. The fourth-order valence-electron chi connectivity index (χ4n) is 3.02. The number of hydrogen-bond acceptors (Lipinski definition) is 5. The Kier molecular flexibility index (Phi) is 5.88. The van der Waals surface area contributed by atoms with Crippen molar-refractivity contribution >= 4 is 22.8 Å². The molecule has 2 aromatic rings. The second kappa shape index (κ2) is 8.51. The molecule has 7 nitrogen and oxygen atoms in total. The van der Waals surface area contributed by atoms with Gasteiger partial charge in [0.2, 0.25) is 5.91 Å². The first kappa shape index (κ1) is 18.0. The molecule has 0 saturated heterocycles. The van der Waals surface area contributed by atoms with Gasteiger partial charge in [-0.3, -0.25) is 9.59 Å². The highest BCUT2D eigenvalue weighted by atomic mass is 16.5. The minimum atomic E-state index is -0.441. The molecule has 2 N–H and O–H groups in total. The van der Waals surface area contributed by atoms with Gasteiger partial charge in [0.25, 0.3) is 5.91 Å². The van der Waals surface area contributed by atoms with E-state index in [1.165, 1.54) is 6.07 Å². The van der Waals surface area contributed by atoms with Gasteiger partial charge in [-0.25, -0.2) is 4.79 Å². The second-order valence-corrected chi connectivity index (χ2v) is 6.39. The van der Waals surface area contributed by atoms with Gasteiger partial charge in [0.1, 0.15) is 11.3 Å². The van der Waals surface area contributed by atoms with Gasteiger partial charge in [-0.15, -0.1) is 0 Å². The van der Waals surface area contributed by atoms with E-state index in [0.717, 1.165) is 31.1 Å². The van der Waals surface area contributed by atoms with Gasteiger partial charge < -0.3 is 19.8 Å². The summed E-state index contributed by atoms with van der Waals surface area (Å²) in [6, 6.07) is 8.31. The van der Waals surface area contributed by atoms with Gasteiger partial charge in [0.05, 0.1) is 0 Å². The highest BCUT2D eigenvalue weighted by molar-refractivity contribution is 5.80. The Bertz CT molecular complexity index is 839. The Hall–Kier alpha value is -2.83. The molecule has 0 atom stereocenters. The number of rotatable bonds is 7. The summed E-state index contributed by atoms with van der Waals surface area (Å²) in [7, 11) is 0. The van der Waals surface area contributed by atoms with Gasteiger partial charge in [0, 0.05) is 36.5 Å². The number of ether oxygens (including phenoxy) is 1. The Labute approximate surface area is 150 Å². The summed E-state index contributed by atoms with van der Waals surface area (Å²) in [5, 5.41) is 6.40. The van der Waals surface area contributed by atoms with Crippen molar-refractivity contribution in [3.63, 3.8) is 0 Å². The number of fused-ring (bicyclic) bond motifs is 1. The zero-order valence-electron chi connectivity index (χ0n) is 14.5. The van der Waals surface area contributed by atoms with Crippen LogP contribution in [0.1, 0.15) is 32.1 Å². The number of carbonyl (C=O) groups excluding carboxylic acids is 2. The number of hydrogen-bond donors (Lipinski definition) is 2. The van der Waals surface area contributed by atoms with Crippen LogP contribution in [-0.4, -0.2) is 31.0 Å². The van der Waals surface area contributed by atoms with E-state index in [4.69, 9.17) is 9.15 Å². The zero-order chi connectivity index (χ0) is 18.4. The quantitative estimate of drug-likeness (QED) is 0.735. The molecule has 1 fully saturated rings. The first-order chi connectivity index (χ1) is 12.6. The Balaban J connectivity index is 1.39. The highest BCUT2D eigenvalue weighted by Gasteiger charge is 2.16. The van der Waals surface area contributed by atoms with Crippen molar-refractivity contribution in [2.75, 3.05) is 13.2 Å². The maximum Gasteiger partial charge on any atom is 0.336 e. The third-order valence-electron chi connectivity index (χ3n) is 4.36. The molecule has 0 spiro atoms. The normalized spacial score (nSPS) is 14.3. The van der Waals surface area contributed by atoms with Crippen molar-refractivity contribution in [1.82, 2.24) is 10.6 Å². The fourth-order valence-corrected chi connectivity index (χ4v) is 3.02. The molecule has 1 heterocycles. The summed E-state index contributed by atoms with van der Waals surface area (Å²) < 4.78 is 10.5. The third-order valence-corrected chi connectivity index (χ3v) is 4.36. The van der Waals surface area contributed by atoms with Crippen LogP contribution in [0.2, 0.25) is 0 Å². The molecule has 1 saturated carbocycles. The summed E-state index contributed by atoms with van der Waals surface area (Å²) >= 11 is 0. The molecule has 26 heavy (non-hydrogen) atoms. The lowest BCUT2D eigenvalue weighted by Gasteiger charge is -2.12. The average Bonchev–Trinajstić information content (AvgIpc) is 3.12. The smallest absolute Gasteiger partial charge is 0.336 e. The number of benzene rings is 1. The lowest BCUT2D eigenvalue weighted by Crippen LogP contribution is -2.36. The van der Waals surface area contributed by atoms with Crippen LogP contribution in [0.25, 0.3) is 11.0 Å². The standard InChI is InChI=1S/C19H22N2O5/c22-17(21-14-3-1-2-4-14)9-10-20-18(23)12-25-15-7-5-13-6-8-19(24)26-16(13)11-15/h5-8,11,14H,1-4,9-10,12H2,(H,20,23)(H,21,22). The summed E-state index contributed by atoms with van der Waals surface area (Å²) in [5.41, 5.74) is -0.0396. The summed E-state index contributed by atoms with van der Waals surface area (Å²) in [6.45, 7) is 0.0974. The van der Waals surface area contributed by atoms with Crippen molar-refractivity contribution in [1.29, 1.82) is 0 Å². The van der Waals surface area contributed by atoms with Crippen LogP contribution in [0.4, 0.5) is 0 Å². The first-order valence-electron chi connectivity index (χ1n) is 8.83. The van der Waals surface area contributed by atoms with Gasteiger partial charge in [0.15, 0.2) is 6.61 Å². The minimum Gasteiger partial charge on any atom is -0.484 e. The molecule has 2 amide bonds. The number of amides is 2. The molecule has 3 rings (SSSR count). The van der Waals surface area contributed by atoms with Crippen LogP contribution < -0.4 is 21.0 Å². The zero-order valence-corrected chi connectivity index (χ0v) is 14.5. The van der Waals surface area contributed by atoms with Crippen LogP contribution in [0.3, 0.4) is 0 Å². The van der Waals surface area contributed by atoms with E-state index < -0.39 is 5.63 Å². The molecule has 138 valence electrons. The second-order valence-electron chi connectivity index (χ2n) is 6.39. The SMILES string of the molecule is O=C(COc1ccc2ccc(=O)oc2c1)NCCC(=O)NC1CCCC1. The summed E-state index contributed by atoms with van der Waals surface area (Å²) in [4.78, 5) is 34.8. The van der Waals surface area contributed by atoms with E-state index in [1.54, 1.807) is 24.3 Å². The molecule has 7 heteroatoms. The van der Waals surface area contributed by atoms with Crippen LogP contribution in [0.5, 0.6) is 5.75 Å². The summed E-state index contributed by atoms with van der Waals surface area (Å²) in [6.07, 6.45) is 4.66. The minimum absolute atomic E-state index is 0.0392. The topological polar surface area (TPSA) is 97.6 Å². The Morgan fingerprint density at radius 3 is 2.69 bits per heavy atom. The van der Waals surface area contributed by atoms with Crippen molar-refractivity contribution in [2.45, 2.75) is 38.1 Å². The first-order valence-corrected chi connectivity index (χ1v) is 8.83. The number of nitrogens with one attached hydrogen (secondary N) is 2. The molecule has 0 radical (unpaired) electrons. The van der Waals surface area contributed by atoms with E-state index in [2.05, 4.69) is 10.6 Å². The maximum absolute atomic E-state index is 11.8. The molecule has 1 aliphatic carbocycles. The van der Waals surface area contributed by atoms with Crippen LogP contribution in [0.15, 0.2) is 39.5 Å². The Morgan fingerprint density at radius 2 is 1.88 bits per heavy atom. The van der Waals surface area contributed by atoms with E-state index in [1.807, 2.05) is 0 Å². The molecule has 1 aliphatic rings. The van der Waals surface area contributed by atoms with Gasteiger partial charge in [-0.2, -0.15) is 0 Å². The van der Waals surface area contributed by atoms with Crippen molar-refractivity contribution in [3.8, 4) is 5.75 Å². The predicted molar refractivity (Wildman–Crippen MR) is 96.0 cm³/mol. The van der Waals surface area contributed by atoms with Crippen LogP contribution in [0, 0.1) is 0 Å². The molecular formula is C19H22N2O5. The molecule has 0 aliphatic heterocycles. The van der Waals surface area contributed by atoms with Crippen LogP contribution in [-0.2, 0) is 9.59 Å². The van der Waals surface area contributed by atoms with E-state index in [-0.39, 0.29) is 37.4 Å².